The summed E-state index contributed by atoms with van der Waals surface area (Å²) in [6, 6.07) is 21.6. The molecule has 7 nitrogen and oxygen atoms in total. The fourth-order valence-corrected chi connectivity index (χ4v) is 5.62. The van der Waals surface area contributed by atoms with Crippen LogP contribution in [0.4, 0.5) is 0 Å². The van der Waals surface area contributed by atoms with Gasteiger partial charge in [-0.25, -0.2) is 15.0 Å². The number of aliphatic hydroxyl groups excluding tert-OH is 1. The van der Waals surface area contributed by atoms with Crippen molar-refractivity contribution in [3.63, 3.8) is 0 Å². The Hall–Kier alpha value is -3.49. The van der Waals surface area contributed by atoms with E-state index in [4.69, 9.17) is 37.9 Å². The normalized spacial score (nSPS) is 16.8. The van der Waals surface area contributed by atoms with Gasteiger partial charge >= 0.3 is 0 Å². The second-order valence-corrected chi connectivity index (χ2v) is 10.5. The van der Waals surface area contributed by atoms with Crippen molar-refractivity contribution in [3.05, 3.63) is 82.6 Å². The predicted octanol–water partition coefficient (Wildman–Crippen LogP) is 6.29. The number of imidazole rings is 1. The van der Waals surface area contributed by atoms with Crippen LogP contribution in [0.5, 0.6) is 5.88 Å². The lowest BCUT2D eigenvalue weighted by Gasteiger charge is -2.32. The second kappa shape index (κ2) is 10.6. The average Bonchev–Trinajstić information content (AvgIpc) is 3.25. The molecule has 1 fully saturated rings. The number of hydrogen-bond acceptors (Lipinski definition) is 6. The van der Waals surface area contributed by atoms with Gasteiger partial charge in [0.25, 0.3) is 0 Å². The Morgan fingerprint density at radius 2 is 1.46 bits per heavy atom. The Morgan fingerprint density at radius 3 is 2.10 bits per heavy atom. The number of rotatable bonds is 7. The number of hydrogen-bond donors (Lipinski definition) is 2. The summed E-state index contributed by atoms with van der Waals surface area (Å²) in [6.45, 7) is 0.618. The standard InChI is InChI=1S/C30H27Cl2N5O2/c1-37-25-13-12-24(35-30(25)36-26(37)16-33-17-14-18(38)15-17)22-9-4-7-20(29(22)32)19-6-3-8-21(28(19)31)23-10-5-11-27(34-23)39-2/h3-13,17-18,33,38H,14-16H2,1-2H3. The Bertz CT molecular complexity index is 1680. The summed E-state index contributed by atoms with van der Waals surface area (Å²) in [7, 11) is 3.58. The van der Waals surface area contributed by atoms with Crippen LogP contribution in [0.3, 0.4) is 0 Å². The topological polar surface area (TPSA) is 85.1 Å². The molecule has 198 valence electrons. The van der Waals surface area contributed by atoms with Crippen molar-refractivity contribution in [1.82, 2.24) is 24.8 Å². The summed E-state index contributed by atoms with van der Waals surface area (Å²) in [6.07, 6.45) is 1.37. The number of pyridine rings is 2. The summed E-state index contributed by atoms with van der Waals surface area (Å²) in [5.74, 6) is 1.41. The summed E-state index contributed by atoms with van der Waals surface area (Å²) < 4.78 is 7.33. The number of ether oxygens (including phenoxy) is 1. The van der Waals surface area contributed by atoms with Crippen LogP contribution < -0.4 is 10.1 Å². The Kier molecular flexibility index (Phi) is 6.99. The Labute approximate surface area is 236 Å². The zero-order valence-corrected chi connectivity index (χ0v) is 23.0. The maximum Gasteiger partial charge on any atom is 0.213 e. The largest absolute Gasteiger partial charge is 0.481 e. The highest BCUT2D eigenvalue weighted by Gasteiger charge is 2.27. The summed E-state index contributed by atoms with van der Waals surface area (Å²) >= 11 is 13.9. The molecule has 1 saturated carbocycles. The first kappa shape index (κ1) is 25.8. The van der Waals surface area contributed by atoms with Gasteiger partial charge in [-0.3, -0.25) is 0 Å². The monoisotopic (exact) mass is 559 g/mol. The first-order valence-corrected chi connectivity index (χ1v) is 13.5. The van der Waals surface area contributed by atoms with Crippen LogP contribution in [0, 0.1) is 0 Å². The van der Waals surface area contributed by atoms with E-state index in [1.54, 1.807) is 13.2 Å². The molecule has 39 heavy (non-hydrogen) atoms. The minimum atomic E-state index is -0.191. The molecule has 0 bridgehead atoms. The number of aliphatic hydroxyl groups is 1. The zero-order valence-electron chi connectivity index (χ0n) is 21.5. The molecule has 0 spiro atoms. The lowest BCUT2D eigenvalue weighted by molar-refractivity contribution is 0.0616. The highest BCUT2D eigenvalue weighted by molar-refractivity contribution is 6.39. The molecular formula is C30H27Cl2N5O2. The van der Waals surface area contributed by atoms with E-state index in [0.29, 0.717) is 34.2 Å². The third kappa shape index (κ3) is 4.87. The van der Waals surface area contributed by atoms with E-state index in [9.17, 15) is 5.11 Å². The van der Waals surface area contributed by atoms with E-state index < -0.39 is 0 Å². The molecule has 1 aliphatic carbocycles. The Morgan fingerprint density at radius 1 is 0.846 bits per heavy atom. The third-order valence-corrected chi connectivity index (χ3v) is 8.09. The molecule has 6 rings (SSSR count). The van der Waals surface area contributed by atoms with Gasteiger partial charge in [0.05, 0.1) is 46.7 Å². The van der Waals surface area contributed by atoms with Crippen LogP contribution in [0.25, 0.3) is 44.8 Å². The van der Waals surface area contributed by atoms with Gasteiger partial charge in [0.1, 0.15) is 5.82 Å². The number of halogens is 2. The number of methoxy groups -OCH3 is 1. The molecule has 2 aromatic carbocycles. The van der Waals surface area contributed by atoms with Crippen LogP contribution in [0.15, 0.2) is 66.7 Å². The minimum absolute atomic E-state index is 0.191. The van der Waals surface area contributed by atoms with Crippen LogP contribution in [0.1, 0.15) is 18.7 Å². The molecule has 0 atom stereocenters. The SMILES string of the molecule is COc1cccc(-c2cccc(-c3cccc(-c4ccc5c(n4)nc(CNC4CC(O)C4)n5C)c3Cl)c2Cl)n1. The minimum Gasteiger partial charge on any atom is -0.481 e. The second-order valence-electron chi connectivity index (χ2n) is 9.73. The molecular weight excluding hydrogens is 533 g/mol. The summed E-state index contributed by atoms with van der Waals surface area (Å²) in [5.41, 5.74) is 6.25. The van der Waals surface area contributed by atoms with Gasteiger partial charge in [-0.1, -0.05) is 65.7 Å². The molecule has 2 N–H and O–H groups in total. The number of nitrogens with one attached hydrogen (secondary N) is 1. The van der Waals surface area contributed by atoms with Crippen LogP contribution in [0.2, 0.25) is 10.0 Å². The number of aromatic nitrogens is 4. The van der Waals surface area contributed by atoms with Crippen molar-refractivity contribution in [2.45, 2.75) is 31.5 Å². The van der Waals surface area contributed by atoms with Crippen LogP contribution >= 0.6 is 23.2 Å². The fourth-order valence-electron chi connectivity index (χ4n) is 4.97. The van der Waals surface area contributed by atoms with Crippen LogP contribution in [-0.2, 0) is 13.6 Å². The van der Waals surface area contributed by atoms with E-state index in [0.717, 1.165) is 57.8 Å². The molecule has 0 unspecified atom stereocenters. The molecule has 0 saturated heterocycles. The van der Waals surface area contributed by atoms with E-state index >= 15 is 0 Å². The molecule has 0 amide bonds. The lowest BCUT2D eigenvalue weighted by Crippen LogP contribution is -2.44. The summed E-state index contributed by atoms with van der Waals surface area (Å²) in [5, 5.41) is 14.1. The number of fused-ring (bicyclic) bond motifs is 1. The molecule has 0 radical (unpaired) electrons. The fraction of sp³-hybridized carbons (Fsp3) is 0.233. The van der Waals surface area contributed by atoms with Gasteiger partial charge in [0.2, 0.25) is 5.88 Å². The maximum absolute atomic E-state index is 9.54. The lowest BCUT2D eigenvalue weighted by atomic mass is 9.89. The quantitative estimate of drug-likeness (QED) is 0.243. The molecule has 1 aliphatic rings. The average molecular weight is 560 g/mol. The highest BCUT2D eigenvalue weighted by atomic mass is 35.5. The molecule has 9 heteroatoms. The van der Waals surface area contributed by atoms with Crippen molar-refractivity contribution in [2.24, 2.45) is 7.05 Å². The molecule has 0 aliphatic heterocycles. The molecule has 3 aromatic heterocycles. The number of benzene rings is 2. The van der Waals surface area contributed by atoms with Gasteiger partial charge in [0.15, 0.2) is 5.65 Å². The van der Waals surface area contributed by atoms with Crippen molar-refractivity contribution in [3.8, 4) is 39.5 Å². The smallest absolute Gasteiger partial charge is 0.213 e. The first-order valence-electron chi connectivity index (χ1n) is 12.8. The van der Waals surface area contributed by atoms with Crippen molar-refractivity contribution >= 4 is 34.4 Å². The van der Waals surface area contributed by atoms with Gasteiger partial charge in [-0.2, -0.15) is 0 Å². The van der Waals surface area contributed by atoms with Crippen molar-refractivity contribution in [1.29, 1.82) is 0 Å². The number of nitrogens with zero attached hydrogens (tertiary/aromatic N) is 4. The zero-order chi connectivity index (χ0) is 27.1. The third-order valence-electron chi connectivity index (χ3n) is 7.27. The predicted molar refractivity (Wildman–Crippen MR) is 155 cm³/mol. The molecule has 5 aromatic rings. The van der Waals surface area contributed by atoms with Crippen LogP contribution in [-0.4, -0.2) is 43.9 Å². The highest BCUT2D eigenvalue weighted by Crippen LogP contribution is 2.42. The van der Waals surface area contributed by atoms with Crippen molar-refractivity contribution < 1.29 is 9.84 Å². The van der Waals surface area contributed by atoms with Gasteiger partial charge < -0.3 is 19.7 Å². The van der Waals surface area contributed by atoms with E-state index in [1.165, 1.54) is 0 Å². The van der Waals surface area contributed by atoms with Crippen molar-refractivity contribution in [2.75, 3.05) is 7.11 Å². The van der Waals surface area contributed by atoms with Gasteiger partial charge in [-0.05, 0) is 31.0 Å². The number of aryl methyl sites for hydroxylation is 1. The first-order chi connectivity index (χ1) is 18.9. The maximum atomic E-state index is 9.54. The molecule has 3 heterocycles. The summed E-state index contributed by atoms with van der Waals surface area (Å²) in [4.78, 5) is 14.2. The van der Waals surface area contributed by atoms with E-state index in [1.807, 2.05) is 72.3 Å². The Balaban J connectivity index is 1.34. The van der Waals surface area contributed by atoms with E-state index in [2.05, 4.69) is 10.3 Å². The van der Waals surface area contributed by atoms with Gasteiger partial charge in [0, 0.05) is 41.4 Å². The van der Waals surface area contributed by atoms with Gasteiger partial charge in [-0.15, -0.1) is 0 Å². The van der Waals surface area contributed by atoms with E-state index in [-0.39, 0.29) is 6.10 Å².